The van der Waals surface area contributed by atoms with Gasteiger partial charge in [0.15, 0.2) is 5.69 Å². The monoisotopic (exact) mass is 425 g/mol. The Hall–Kier alpha value is -3.32. The van der Waals surface area contributed by atoms with Gasteiger partial charge in [-0.2, -0.15) is 5.10 Å². The second kappa shape index (κ2) is 8.20. The molecule has 0 atom stereocenters. The first-order valence-corrected chi connectivity index (χ1v) is 9.92. The molecule has 3 aromatic rings. The zero-order valence-electron chi connectivity index (χ0n) is 16.6. The fourth-order valence-electron chi connectivity index (χ4n) is 3.53. The highest BCUT2D eigenvalue weighted by atomic mass is 35.5. The first-order chi connectivity index (χ1) is 14.5. The molecule has 0 aliphatic carbocycles. The second-order valence-electron chi connectivity index (χ2n) is 6.69. The number of carbonyl (C=O) groups is 2. The molecule has 0 N–H and O–H groups in total. The van der Waals surface area contributed by atoms with E-state index in [1.165, 1.54) is 4.68 Å². The fraction of sp³-hybridized carbons (Fsp3) is 0.227. The van der Waals surface area contributed by atoms with Crippen molar-refractivity contribution in [2.75, 3.05) is 25.2 Å². The highest BCUT2D eigenvalue weighted by Crippen LogP contribution is 2.30. The van der Waals surface area contributed by atoms with Crippen LogP contribution in [0, 0.1) is 0 Å². The summed E-state index contributed by atoms with van der Waals surface area (Å²) in [7, 11) is 1.59. The zero-order chi connectivity index (χ0) is 21.3. The van der Waals surface area contributed by atoms with Crippen LogP contribution in [0.2, 0.25) is 5.02 Å². The third-order valence-corrected chi connectivity index (χ3v) is 5.16. The normalized spacial score (nSPS) is 13.2. The lowest BCUT2D eigenvalue weighted by atomic mass is 10.0. The van der Waals surface area contributed by atoms with Crippen molar-refractivity contribution in [2.24, 2.45) is 0 Å². The number of ether oxygens (including phenoxy) is 2. The Morgan fingerprint density at radius 1 is 1.17 bits per heavy atom. The Bertz CT molecular complexity index is 1110. The average Bonchev–Trinajstić information content (AvgIpc) is 3.15. The van der Waals surface area contributed by atoms with Gasteiger partial charge in [-0.1, -0.05) is 17.7 Å². The molecule has 4 rings (SSSR count). The molecule has 1 amide bonds. The summed E-state index contributed by atoms with van der Waals surface area (Å²) >= 11 is 6.15. The van der Waals surface area contributed by atoms with Gasteiger partial charge >= 0.3 is 5.97 Å². The molecule has 0 radical (unpaired) electrons. The number of halogens is 1. The van der Waals surface area contributed by atoms with Gasteiger partial charge < -0.3 is 14.4 Å². The van der Waals surface area contributed by atoms with Gasteiger partial charge in [-0.25, -0.2) is 9.48 Å². The number of benzene rings is 2. The van der Waals surface area contributed by atoms with Gasteiger partial charge in [0.05, 0.1) is 19.4 Å². The van der Waals surface area contributed by atoms with Crippen LogP contribution in [0.5, 0.6) is 5.75 Å². The van der Waals surface area contributed by atoms with Crippen LogP contribution in [0.25, 0.3) is 5.69 Å². The highest BCUT2D eigenvalue weighted by Gasteiger charge is 2.35. The standard InChI is InChI=1S/C22H20ClN3O4/c1-3-30-22(28)19-18-11-12-25(15-7-9-17(29-2)10-8-15)21(27)20(18)26(24-19)16-6-4-5-14(23)13-16/h4-10,13H,3,11-12H2,1-2H3. The highest BCUT2D eigenvalue weighted by molar-refractivity contribution is 6.30. The lowest BCUT2D eigenvalue weighted by Crippen LogP contribution is -2.39. The number of amides is 1. The largest absolute Gasteiger partial charge is 0.497 e. The molecule has 1 aliphatic heterocycles. The summed E-state index contributed by atoms with van der Waals surface area (Å²) in [6.45, 7) is 2.38. The van der Waals surface area contributed by atoms with Crippen molar-refractivity contribution in [3.05, 3.63) is 70.5 Å². The first kappa shape index (κ1) is 20.0. The van der Waals surface area contributed by atoms with Gasteiger partial charge in [0, 0.05) is 22.8 Å². The first-order valence-electron chi connectivity index (χ1n) is 9.54. The van der Waals surface area contributed by atoms with Crippen LogP contribution in [0.3, 0.4) is 0 Å². The van der Waals surface area contributed by atoms with Gasteiger partial charge in [-0.3, -0.25) is 4.79 Å². The van der Waals surface area contributed by atoms with E-state index in [1.807, 2.05) is 12.1 Å². The molecule has 0 saturated carbocycles. The maximum absolute atomic E-state index is 13.5. The summed E-state index contributed by atoms with van der Waals surface area (Å²) in [5.41, 5.74) is 2.42. The van der Waals surface area contributed by atoms with E-state index in [0.29, 0.717) is 40.7 Å². The maximum Gasteiger partial charge on any atom is 0.359 e. The molecule has 154 valence electrons. The summed E-state index contributed by atoms with van der Waals surface area (Å²) in [4.78, 5) is 27.7. The summed E-state index contributed by atoms with van der Waals surface area (Å²) in [5.74, 6) is -0.0814. The number of methoxy groups -OCH3 is 1. The molecule has 2 heterocycles. The minimum atomic E-state index is -0.541. The minimum absolute atomic E-state index is 0.162. The van der Waals surface area contributed by atoms with Crippen LogP contribution in [0.1, 0.15) is 33.5 Å². The third kappa shape index (κ3) is 3.52. The number of esters is 1. The molecule has 1 aromatic heterocycles. The van der Waals surface area contributed by atoms with Gasteiger partial charge in [-0.05, 0) is 55.8 Å². The van der Waals surface area contributed by atoms with Crippen LogP contribution in [0.4, 0.5) is 5.69 Å². The Kier molecular flexibility index (Phi) is 5.46. The average molecular weight is 426 g/mol. The SMILES string of the molecule is CCOC(=O)c1nn(-c2cccc(Cl)c2)c2c1CCN(c1ccc(OC)cc1)C2=O. The van der Waals surface area contributed by atoms with E-state index in [-0.39, 0.29) is 18.2 Å². The molecule has 0 fully saturated rings. The van der Waals surface area contributed by atoms with Crippen molar-refractivity contribution < 1.29 is 19.1 Å². The topological polar surface area (TPSA) is 73.7 Å². The van der Waals surface area contributed by atoms with Gasteiger partial charge in [0.2, 0.25) is 0 Å². The zero-order valence-corrected chi connectivity index (χ0v) is 17.3. The summed E-state index contributed by atoms with van der Waals surface area (Å²) < 4.78 is 11.8. The van der Waals surface area contributed by atoms with E-state index in [9.17, 15) is 9.59 Å². The number of aromatic nitrogens is 2. The molecule has 0 bridgehead atoms. The van der Waals surface area contributed by atoms with Crippen LogP contribution in [0.15, 0.2) is 48.5 Å². The molecule has 30 heavy (non-hydrogen) atoms. The van der Waals surface area contributed by atoms with Crippen molar-refractivity contribution in [3.8, 4) is 11.4 Å². The molecule has 2 aromatic carbocycles. The molecular formula is C22H20ClN3O4. The van der Waals surface area contributed by atoms with Crippen LogP contribution >= 0.6 is 11.6 Å². The van der Waals surface area contributed by atoms with E-state index in [2.05, 4.69) is 5.10 Å². The quantitative estimate of drug-likeness (QED) is 0.579. The lowest BCUT2D eigenvalue weighted by Gasteiger charge is -2.27. The Morgan fingerprint density at radius 2 is 1.93 bits per heavy atom. The summed E-state index contributed by atoms with van der Waals surface area (Å²) in [6, 6.07) is 14.2. The minimum Gasteiger partial charge on any atom is -0.497 e. The molecule has 8 heteroatoms. The van der Waals surface area contributed by atoms with Crippen LogP contribution in [-0.2, 0) is 11.2 Å². The summed E-state index contributed by atoms with van der Waals surface area (Å²) in [6.07, 6.45) is 0.474. The second-order valence-corrected chi connectivity index (χ2v) is 7.13. The van der Waals surface area contributed by atoms with E-state index in [4.69, 9.17) is 21.1 Å². The van der Waals surface area contributed by atoms with E-state index in [1.54, 1.807) is 55.3 Å². The molecular weight excluding hydrogens is 406 g/mol. The van der Waals surface area contributed by atoms with Crippen molar-refractivity contribution in [2.45, 2.75) is 13.3 Å². The predicted molar refractivity (Wildman–Crippen MR) is 113 cm³/mol. The molecule has 1 aliphatic rings. The number of carbonyl (C=O) groups excluding carboxylic acids is 2. The Balaban J connectivity index is 1.82. The number of rotatable bonds is 5. The van der Waals surface area contributed by atoms with Crippen LogP contribution < -0.4 is 9.64 Å². The van der Waals surface area contributed by atoms with E-state index < -0.39 is 5.97 Å². The molecule has 0 unspecified atom stereocenters. The fourth-order valence-corrected chi connectivity index (χ4v) is 3.71. The number of hydrogen-bond acceptors (Lipinski definition) is 5. The van der Waals surface area contributed by atoms with Crippen LogP contribution in [-0.4, -0.2) is 41.9 Å². The number of anilines is 1. The molecule has 0 spiro atoms. The van der Waals surface area contributed by atoms with Crippen molar-refractivity contribution in [1.29, 1.82) is 0 Å². The predicted octanol–water partition coefficient (Wildman–Crippen LogP) is 3.91. The number of nitrogens with zero attached hydrogens (tertiary/aromatic N) is 3. The number of hydrogen-bond donors (Lipinski definition) is 0. The third-order valence-electron chi connectivity index (χ3n) is 4.92. The van der Waals surface area contributed by atoms with Gasteiger partial charge in [0.1, 0.15) is 11.4 Å². The lowest BCUT2D eigenvalue weighted by molar-refractivity contribution is 0.0517. The molecule has 0 saturated heterocycles. The van der Waals surface area contributed by atoms with Crippen molar-refractivity contribution >= 4 is 29.2 Å². The Labute approximate surface area is 178 Å². The summed E-state index contributed by atoms with van der Waals surface area (Å²) in [5, 5.41) is 4.95. The maximum atomic E-state index is 13.5. The number of fused-ring (bicyclic) bond motifs is 1. The smallest absolute Gasteiger partial charge is 0.359 e. The van der Waals surface area contributed by atoms with E-state index >= 15 is 0 Å². The van der Waals surface area contributed by atoms with Crippen molar-refractivity contribution in [3.63, 3.8) is 0 Å². The Morgan fingerprint density at radius 3 is 2.60 bits per heavy atom. The van der Waals surface area contributed by atoms with Crippen molar-refractivity contribution in [1.82, 2.24) is 9.78 Å². The van der Waals surface area contributed by atoms with E-state index in [0.717, 1.165) is 5.69 Å². The van der Waals surface area contributed by atoms with Gasteiger partial charge in [0.25, 0.3) is 5.91 Å². The van der Waals surface area contributed by atoms with Gasteiger partial charge in [-0.15, -0.1) is 0 Å². The molecule has 7 nitrogen and oxygen atoms in total.